The number of hydrogen-bond donors (Lipinski definition) is 2. The third-order valence-corrected chi connectivity index (χ3v) is 8.35. The zero-order valence-electron chi connectivity index (χ0n) is 15.3. The number of aromatic nitrogens is 4. The lowest BCUT2D eigenvalue weighted by Gasteiger charge is -2.28. The summed E-state index contributed by atoms with van der Waals surface area (Å²) in [5.74, 6) is -0.0160. The number of sulfonamides is 1. The number of nitrogens with zero attached hydrogens (tertiary/aromatic N) is 4. The average Bonchev–Trinajstić information content (AvgIpc) is 3.17. The number of thiophene rings is 1. The van der Waals surface area contributed by atoms with E-state index in [2.05, 4.69) is 25.9 Å². The minimum atomic E-state index is -3.79. The van der Waals surface area contributed by atoms with E-state index < -0.39 is 21.5 Å². The van der Waals surface area contributed by atoms with Crippen molar-refractivity contribution in [3.8, 4) is 0 Å². The highest BCUT2D eigenvalue weighted by atomic mass is 32.2. The van der Waals surface area contributed by atoms with Crippen molar-refractivity contribution >= 4 is 27.3 Å². The van der Waals surface area contributed by atoms with Crippen LogP contribution in [0.1, 0.15) is 39.5 Å². The lowest BCUT2D eigenvalue weighted by Crippen LogP contribution is -2.38. The van der Waals surface area contributed by atoms with Gasteiger partial charge in [-0.25, -0.2) is 8.42 Å². The number of nitrogens with one attached hydrogen (secondary N) is 2. The van der Waals surface area contributed by atoms with E-state index in [0.29, 0.717) is 38.2 Å². The van der Waals surface area contributed by atoms with E-state index in [1.807, 2.05) is 24.3 Å². The molecule has 0 atom stereocenters. The molecule has 0 unspecified atom stereocenters. The predicted molar refractivity (Wildman–Crippen MR) is 105 cm³/mol. The second-order valence-corrected chi connectivity index (χ2v) is 10.1. The highest BCUT2D eigenvalue weighted by Crippen LogP contribution is 2.44. The normalized spacial score (nSPS) is 18.2. The fraction of sp³-hybridized carbons (Fsp3) is 0.333. The number of benzene rings is 1. The molecule has 3 heterocycles. The van der Waals surface area contributed by atoms with E-state index >= 15 is 0 Å². The summed E-state index contributed by atoms with van der Waals surface area (Å²) in [6.07, 6.45) is 2.03. The Morgan fingerprint density at radius 3 is 2.72 bits per heavy atom. The number of aromatic amines is 1. The van der Waals surface area contributed by atoms with Crippen LogP contribution in [0, 0.1) is 0 Å². The molecule has 11 heteroatoms. The average molecular weight is 431 g/mol. The van der Waals surface area contributed by atoms with Crippen molar-refractivity contribution in [2.75, 3.05) is 6.54 Å². The van der Waals surface area contributed by atoms with Gasteiger partial charge in [0.25, 0.3) is 5.91 Å². The van der Waals surface area contributed by atoms with Gasteiger partial charge in [-0.3, -0.25) is 4.79 Å². The maximum absolute atomic E-state index is 13.3. The Morgan fingerprint density at radius 2 is 2.00 bits per heavy atom. The molecule has 2 aliphatic rings. The highest BCUT2D eigenvalue weighted by molar-refractivity contribution is 7.89. The van der Waals surface area contributed by atoms with Crippen molar-refractivity contribution in [3.05, 3.63) is 57.5 Å². The molecular formula is C18H18N6O3S2. The van der Waals surface area contributed by atoms with Crippen molar-refractivity contribution < 1.29 is 13.2 Å². The van der Waals surface area contributed by atoms with E-state index in [4.69, 9.17) is 0 Å². The van der Waals surface area contributed by atoms with Gasteiger partial charge in [0.2, 0.25) is 10.0 Å². The van der Waals surface area contributed by atoms with Crippen LogP contribution in [0.5, 0.6) is 0 Å². The zero-order chi connectivity index (χ0) is 20.1. The first-order valence-electron chi connectivity index (χ1n) is 9.20. The monoisotopic (exact) mass is 430 g/mol. The molecule has 2 N–H and O–H groups in total. The van der Waals surface area contributed by atoms with Crippen molar-refractivity contribution in [2.45, 2.75) is 36.2 Å². The summed E-state index contributed by atoms with van der Waals surface area (Å²) in [5, 5.41) is 18.4. The third kappa shape index (κ3) is 3.15. The SMILES string of the molecule is O=C(NC1(c2nn[nH]n2)CC1)c1sccc1S(=O)(=O)N1CCc2ccccc2C1. The van der Waals surface area contributed by atoms with Crippen LogP contribution >= 0.6 is 11.3 Å². The summed E-state index contributed by atoms with van der Waals surface area (Å²) in [5.41, 5.74) is 1.50. The second kappa shape index (κ2) is 6.71. The first-order chi connectivity index (χ1) is 14.0. The Hall–Kier alpha value is -2.63. The fourth-order valence-corrected chi connectivity index (χ4v) is 6.36. The van der Waals surface area contributed by atoms with Gasteiger partial charge in [-0.1, -0.05) is 29.5 Å². The predicted octanol–water partition coefficient (Wildman–Crippen LogP) is 1.43. The van der Waals surface area contributed by atoms with Gasteiger partial charge >= 0.3 is 0 Å². The molecule has 2 aromatic heterocycles. The molecule has 29 heavy (non-hydrogen) atoms. The Balaban J connectivity index is 1.41. The number of carbonyl (C=O) groups is 1. The van der Waals surface area contributed by atoms with E-state index in [0.717, 1.165) is 22.5 Å². The summed E-state index contributed by atoms with van der Waals surface area (Å²) in [6, 6.07) is 9.34. The van der Waals surface area contributed by atoms with Gasteiger partial charge in [0.1, 0.15) is 15.3 Å². The van der Waals surface area contributed by atoms with Gasteiger partial charge in [0.15, 0.2) is 5.82 Å². The first kappa shape index (κ1) is 18.4. The number of fused-ring (bicyclic) bond motifs is 1. The molecule has 150 valence electrons. The van der Waals surface area contributed by atoms with Crippen LogP contribution in [0.15, 0.2) is 40.6 Å². The zero-order valence-corrected chi connectivity index (χ0v) is 17.0. The van der Waals surface area contributed by atoms with E-state index in [9.17, 15) is 13.2 Å². The maximum atomic E-state index is 13.3. The summed E-state index contributed by atoms with van der Waals surface area (Å²) in [6.45, 7) is 0.700. The van der Waals surface area contributed by atoms with Gasteiger partial charge in [0, 0.05) is 13.1 Å². The molecule has 1 aliphatic carbocycles. The third-order valence-electron chi connectivity index (χ3n) is 5.42. The molecule has 0 bridgehead atoms. The molecular weight excluding hydrogens is 412 g/mol. The van der Waals surface area contributed by atoms with E-state index in [-0.39, 0.29) is 9.77 Å². The van der Waals surface area contributed by atoms with Crippen molar-refractivity contribution in [1.82, 2.24) is 30.2 Å². The molecule has 0 spiro atoms. The van der Waals surface area contributed by atoms with Crippen LogP contribution < -0.4 is 5.32 Å². The Labute approximate surface area is 171 Å². The summed E-state index contributed by atoms with van der Waals surface area (Å²) >= 11 is 1.12. The first-order valence-corrected chi connectivity index (χ1v) is 11.5. The minimum Gasteiger partial charge on any atom is -0.338 e. The molecule has 5 rings (SSSR count). The largest absolute Gasteiger partial charge is 0.338 e. The van der Waals surface area contributed by atoms with Crippen molar-refractivity contribution in [2.24, 2.45) is 0 Å². The summed E-state index contributed by atoms with van der Waals surface area (Å²) < 4.78 is 28.1. The van der Waals surface area contributed by atoms with Gasteiger partial charge in [-0.15, -0.1) is 21.5 Å². The van der Waals surface area contributed by atoms with Crippen LogP contribution in [0.25, 0.3) is 0 Å². The Bertz CT molecular complexity index is 1170. The molecule has 1 saturated carbocycles. The van der Waals surface area contributed by atoms with E-state index in [1.54, 1.807) is 5.38 Å². The maximum Gasteiger partial charge on any atom is 0.263 e. The number of hydrogen-bond acceptors (Lipinski definition) is 7. The molecule has 1 aromatic carbocycles. The van der Waals surface area contributed by atoms with Crippen LogP contribution in [0.3, 0.4) is 0 Å². The molecule has 9 nitrogen and oxygen atoms in total. The lowest BCUT2D eigenvalue weighted by atomic mass is 10.0. The molecule has 1 aliphatic heterocycles. The summed E-state index contributed by atoms with van der Waals surface area (Å²) in [7, 11) is -3.79. The summed E-state index contributed by atoms with van der Waals surface area (Å²) in [4.78, 5) is 13.2. The Kier molecular flexibility index (Phi) is 4.26. The second-order valence-electron chi connectivity index (χ2n) is 7.24. The number of amides is 1. The molecule has 1 amide bonds. The van der Waals surface area contributed by atoms with Crippen molar-refractivity contribution in [1.29, 1.82) is 0 Å². The minimum absolute atomic E-state index is 0.0447. The van der Waals surface area contributed by atoms with Crippen LogP contribution in [-0.4, -0.2) is 45.8 Å². The smallest absolute Gasteiger partial charge is 0.263 e. The highest BCUT2D eigenvalue weighted by Gasteiger charge is 2.50. The van der Waals surface area contributed by atoms with Crippen LogP contribution in [0.4, 0.5) is 0 Å². The standard InChI is InChI=1S/C18H18N6O3S2/c25-16(19-18(7-8-18)17-20-22-23-21-17)15-14(6-10-28-15)29(26,27)24-9-5-12-3-1-2-4-13(12)11-24/h1-4,6,10H,5,7-9,11H2,(H,19,25)(H,20,21,22,23). The van der Waals surface area contributed by atoms with Crippen molar-refractivity contribution in [3.63, 3.8) is 0 Å². The van der Waals surface area contributed by atoms with Gasteiger partial charge in [-0.2, -0.15) is 9.52 Å². The lowest BCUT2D eigenvalue weighted by molar-refractivity contribution is 0.0929. The van der Waals surface area contributed by atoms with E-state index in [1.165, 1.54) is 10.4 Å². The number of tetrazole rings is 1. The topological polar surface area (TPSA) is 121 Å². The van der Waals surface area contributed by atoms with Crippen LogP contribution in [0.2, 0.25) is 0 Å². The van der Waals surface area contributed by atoms with Crippen LogP contribution in [-0.2, 0) is 28.5 Å². The fourth-order valence-electron chi connectivity index (χ4n) is 3.65. The van der Waals surface area contributed by atoms with Gasteiger partial charge in [-0.05, 0) is 41.8 Å². The number of rotatable bonds is 5. The molecule has 1 fully saturated rings. The number of carbonyl (C=O) groups excluding carboxylic acids is 1. The molecule has 0 saturated heterocycles. The molecule has 3 aromatic rings. The van der Waals surface area contributed by atoms with Gasteiger partial charge < -0.3 is 5.32 Å². The molecule has 0 radical (unpaired) electrons. The quantitative estimate of drug-likeness (QED) is 0.632. The number of H-pyrrole nitrogens is 1. The van der Waals surface area contributed by atoms with Gasteiger partial charge in [0.05, 0.1) is 0 Å². The Morgan fingerprint density at radius 1 is 1.21 bits per heavy atom.